The zero-order valence-electron chi connectivity index (χ0n) is 15.2. The Bertz CT molecular complexity index is 857. The third kappa shape index (κ3) is 5.08. The second kappa shape index (κ2) is 9.03. The lowest BCUT2D eigenvalue weighted by molar-refractivity contribution is 0.247. The number of amides is 2. The molecule has 1 aromatic carbocycles. The number of benzene rings is 1. The Hall–Kier alpha value is -2.83. The van der Waals surface area contributed by atoms with Gasteiger partial charge in [-0.15, -0.1) is 17.8 Å². The van der Waals surface area contributed by atoms with E-state index in [1.165, 1.54) is 11.3 Å². The van der Waals surface area contributed by atoms with Gasteiger partial charge < -0.3 is 5.32 Å². The van der Waals surface area contributed by atoms with Crippen LogP contribution in [0.3, 0.4) is 0 Å². The van der Waals surface area contributed by atoms with Crippen LogP contribution < -0.4 is 10.2 Å². The van der Waals surface area contributed by atoms with Gasteiger partial charge in [0.25, 0.3) is 0 Å². The Balaban J connectivity index is 2.35. The number of nitriles is 1. The fourth-order valence-corrected chi connectivity index (χ4v) is 3.78. The number of aryl methyl sites for hydroxylation is 1. The molecular weight excluding hydrogens is 344 g/mol. The summed E-state index contributed by atoms with van der Waals surface area (Å²) in [6.07, 6.45) is 6.14. The van der Waals surface area contributed by atoms with E-state index in [4.69, 9.17) is 11.7 Å². The number of thiazole rings is 1. The van der Waals surface area contributed by atoms with Crippen molar-refractivity contribution in [2.45, 2.75) is 33.7 Å². The summed E-state index contributed by atoms with van der Waals surface area (Å²) in [5.41, 5.74) is 2.25. The van der Waals surface area contributed by atoms with Crippen LogP contribution in [0.15, 0.2) is 24.3 Å². The van der Waals surface area contributed by atoms with Crippen LogP contribution in [-0.2, 0) is 13.0 Å². The first kappa shape index (κ1) is 19.5. The van der Waals surface area contributed by atoms with E-state index in [1.807, 2.05) is 19.1 Å². The minimum Gasteiger partial charge on any atom is -0.327 e. The Morgan fingerprint density at radius 3 is 2.88 bits per heavy atom. The average Bonchev–Trinajstić information content (AvgIpc) is 2.96. The molecule has 0 spiro atoms. The molecule has 2 amide bonds. The lowest BCUT2D eigenvalue weighted by atomic mass is 10.1. The highest BCUT2D eigenvalue weighted by Crippen LogP contribution is 2.31. The van der Waals surface area contributed by atoms with Crippen molar-refractivity contribution < 1.29 is 4.79 Å². The van der Waals surface area contributed by atoms with E-state index in [0.29, 0.717) is 18.0 Å². The number of carbonyl (C=O) groups excluding carboxylic acids is 1. The van der Waals surface area contributed by atoms with E-state index in [0.717, 1.165) is 27.7 Å². The molecule has 6 heteroatoms. The highest BCUT2D eigenvalue weighted by molar-refractivity contribution is 7.16. The van der Waals surface area contributed by atoms with Crippen LogP contribution in [0.4, 0.5) is 9.80 Å². The molecule has 26 heavy (non-hydrogen) atoms. The summed E-state index contributed by atoms with van der Waals surface area (Å²) in [7, 11) is 0. The molecule has 1 heterocycles. The summed E-state index contributed by atoms with van der Waals surface area (Å²) in [4.78, 5) is 18.9. The van der Waals surface area contributed by atoms with Crippen molar-refractivity contribution in [3.63, 3.8) is 0 Å². The molecule has 134 valence electrons. The van der Waals surface area contributed by atoms with Crippen molar-refractivity contribution in [1.82, 2.24) is 10.3 Å². The van der Waals surface area contributed by atoms with Gasteiger partial charge in [0.1, 0.15) is 5.00 Å². The molecule has 0 bridgehead atoms. The van der Waals surface area contributed by atoms with E-state index in [9.17, 15) is 4.79 Å². The van der Waals surface area contributed by atoms with Gasteiger partial charge in [-0.25, -0.2) is 9.78 Å². The molecule has 0 atom stereocenters. The van der Waals surface area contributed by atoms with Gasteiger partial charge >= 0.3 is 6.03 Å². The summed E-state index contributed by atoms with van der Waals surface area (Å²) < 4.78 is 0. The number of hydrogen-bond acceptors (Lipinski definition) is 4. The predicted octanol–water partition coefficient (Wildman–Crippen LogP) is 3.87. The average molecular weight is 366 g/mol. The molecule has 0 saturated heterocycles. The van der Waals surface area contributed by atoms with Crippen LogP contribution in [-0.4, -0.2) is 17.6 Å². The van der Waals surface area contributed by atoms with Gasteiger partial charge in [0.2, 0.25) is 0 Å². The molecule has 0 aliphatic rings. The number of rotatable bonds is 6. The monoisotopic (exact) mass is 366 g/mol. The van der Waals surface area contributed by atoms with Gasteiger partial charge in [-0.2, -0.15) is 5.26 Å². The predicted molar refractivity (Wildman–Crippen MR) is 105 cm³/mol. The molecule has 0 radical (unpaired) electrons. The molecular formula is C20H22N4OS. The highest BCUT2D eigenvalue weighted by Gasteiger charge is 2.22. The van der Waals surface area contributed by atoms with Gasteiger partial charge in [0.15, 0.2) is 0 Å². The lowest BCUT2D eigenvalue weighted by Crippen LogP contribution is -2.39. The van der Waals surface area contributed by atoms with Crippen LogP contribution in [0.25, 0.3) is 0 Å². The largest absolute Gasteiger partial charge is 0.327 e. The number of carbonyl (C=O) groups is 1. The van der Waals surface area contributed by atoms with E-state index >= 15 is 0 Å². The zero-order valence-corrected chi connectivity index (χ0v) is 16.1. The Morgan fingerprint density at radius 2 is 2.23 bits per heavy atom. The number of terminal acetylenes is 1. The van der Waals surface area contributed by atoms with E-state index in [2.05, 4.69) is 36.1 Å². The van der Waals surface area contributed by atoms with Gasteiger partial charge in [-0.05, 0) is 30.5 Å². The quantitative estimate of drug-likeness (QED) is 0.789. The van der Waals surface area contributed by atoms with Crippen molar-refractivity contribution >= 4 is 22.4 Å². The fourth-order valence-electron chi connectivity index (χ4n) is 2.51. The SMILES string of the molecule is C#CCNC(=O)N(Cc1cccc(C#N)c1)c1sc(CC(C)C)nc1C. The maximum Gasteiger partial charge on any atom is 0.323 e. The summed E-state index contributed by atoms with van der Waals surface area (Å²) >= 11 is 1.52. The highest BCUT2D eigenvalue weighted by atomic mass is 32.1. The van der Waals surface area contributed by atoms with Gasteiger partial charge in [-0.3, -0.25) is 4.90 Å². The lowest BCUT2D eigenvalue weighted by Gasteiger charge is -2.22. The number of aromatic nitrogens is 1. The van der Waals surface area contributed by atoms with E-state index in [-0.39, 0.29) is 12.6 Å². The topological polar surface area (TPSA) is 69.0 Å². The summed E-state index contributed by atoms with van der Waals surface area (Å²) in [5.74, 6) is 2.91. The Morgan fingerprint density at radius 1 is 1.46 bits per heavy atom. The number of hydrogen-bond donors (Lipinski definition) is 1. The molecule has 1 N–H and O–H groups in total. The van der Waals surface area contributed by atoms with Crippen molar-refractivity contribution in [3.05, 3.63) is 46.1 Å². The van der Waals surface area contributed by atoms with Crippen molar-refractivity contribution in [1.29, 1.82) is 5.26 Å². The van der Waals surface area contributed by atoms with Crippen LogP contribution in [0, 0.1) is 36.5 Å². The van der Waals surface area contributed by atoms with Gasteiger partial charge in [-0.1, -0.05) is 31.9 Å². The zero-order chi connectivity index (χ0) is 19.1. The van der Waals surface area contributed by atoms with Gasteiger partial charge in [0, 0.05) is 6.42 Å². The molecule has 0 aliphatic heterocycles. The first-order valence-corrected chi connectivity index (χ1v) is 9.20. The molecule has 2 rings (SSSR count). The number of urea groups is 1. The molecule has 0 fully saturated rings. The van der Waals surface area contributed by atoms with Crippen LogP contribution in [0.1, 0.15) is 35.7 Å². The molecule has 0 saturated carbocycles. The molecule has 0 unspecified atom stereocenters. The summed E-state index contributed by atoms with van der Waals surface area (Å²) in [5, 5.41) is 13.6. The number of nitrogens with zero attached hydrogens (tertiary/aromatic N) is 3. The first-order chi connectivity index (χ1) is 12.4. The van der Waals surface area contributed by atoms with Crippen LogP contribution in [0.2, 0.25) is 0 Å². The maximum absolute atomic E-state index is 12.7. The summed E-state index contributed by atoms with van der Waals surface area (Å²) in [6, 6.07) is 9.09. The molecule has 1 aromatic heterocycles. The fraction of sp³-hybridized carbons (Fsp3) is 0.350. The Kier molecular flexibility index (Phi) is 6.77. The molecule has 0 aliphatic carbocycles. The van der Waals surface area contributed by atoms with Crippen molar-refractivity contribution in [2.24, 2.45) is 5.92 Å². The third-order valence-corrected chi connectivity index (χ3v) is 4.83. The number of anilines is 1. The van der Waals surface area contributed by atoms with Crippen molar-refractivity contribution in [3.8, 4) is 18.4 Å². The van der Waals surface area contributed by atoms with Gasteiger partial charge in [0.05, 0.1) is 35.4 Å². The summed E-state index contributed by atoms with van der Waals surface area (Å²) in [6.45, 7) is 6.69. The molecule has 5 nitrogen and oxygen atoms in total. The maximum atomic E-state index is 12.7. The minimum atomic E-state index is -0.270. The number of nitrogens with one attached hydrogen (secondary N) is 1. The Labute approximate surface area is 158 Å². The molecule has 2 aromatic rings. The van der Waals surface area contributed by atoms with Crippen LogP contribution >= 0.6 is 11.3 Å². The first-order valence-electron chi connectivity index (χ1n) is 8.38. The second-order valence-electron chi connectivity index (χ2n) is 6.36. The second-order valence-corrected chi connectivity index (χ2v) is 7.42. The van der Waals surface area contributed by atoms with Crippen molar-refractivity contribution in [2.75, 3.05) is 11.4 Å². The third-order valence-electron chi connectivity index (χ3n) is 3.63. The smallest absolute Gasteiger partial charge is 0.323 e. The van der Waals surface area contributed by atoms with E-state index in [1.54, 1.807) is 17.0 Å². The van der Waals surface area contributed by atoms with Crippen LogP contribution in [0.5, 0.6) is 0 Å². The minimum absolute atomic E-state index is 0.157. The normalized spacial score (nSPS) is 10.2. The van der Waals surface area contributed by atoms with E-state index < -0.39 is 0 Å². The standard InChI is InChI=1S/C20H22N4OS/c1-5-9-22-20(25)24(13-17-8-6-7-16(11-17)12-21)19-15(4)23-18(26-19)10-14(2)3/h1,6-8,11,14H,9-10,13H2,2-4H3,(H,22,25).